The van der Waals surface area contributed by atoms with Crippen molar-refractivity contribution in [2.75, 3.05) is 18.9 Å². The first-order valence-electron chi connectivity index (χ1n) is 10.4. The van der Waals surface area contributed by atoms with Crippen molar-refractivity contribution in [2.45, 2.75) is 75.8 Å². The van der Waals surface area contributed by atoms with Crippen molar-refractivity contribution in [2.24, 2.45) is 0 Å². The number of ether oxygens (including phenoxy) is 3. The maximum atomic E-state index is 10.3. The fourth-order valence-electron chi connectivity index (χ4n) is 4.06. The fourth-order valence-corrected chi connectivity index (χ4v) is 5.07. The zero-order valence-electron chi connectivity index (χ0n) is 19.2. The highest BCUT2D eigenvalue weighted by Crippen LogP contribution is 2.54. The number of fused-ring (bicyclic) bond motifs is 2. The van der Waals surface area contributed by atoms with Crippen LogP contribution in [0.1, 0.15) is 40.3 Å². The molecule has 0 amide bonds. The summed E-state index contributed by atoms with van der Waals surface area (Å²) in [5, 5.41) is 14.6. The SMILES string of the molecule is CC1(C)O[C@@H]2[C@@](C#N)(CO[Si](C)(C)C(C)(C)C)OC[C@]2(c2ccc3c(N)ncnn23)O1. The third-order valence-corrected chi connectivity index (χ3v) is 11.3. The summed E-state index contributed by atoms with van der Waals surface area (Å²) >= 11 is 0. The molecule has 0 spiro atoms. The Hall–Kier alpha value is -2.03. The van der Waals surface area contributed by atoms with E-state index in [9.17, 15) is 5.26 Å². The van der Waals surface area contributed by atoms with Crippen molar-refractivity contribution >= 4 is 19.7 Å². The van der Waals surface area contributed by atoms with Crippen LogP contribution in [0.4, 0.5) is 5.82 Å². The van der Waals surface area contributed by atoms with Gasteiger partial charge in [0.15, 0.2) is 25.5 Å². The van der Waals surface area contributed by atoms with E-state index < -0.39 is 31.4 Å². The van der Waals surface area contributed by atoms with Gasteiger partial charge in [-0.3, -0.25) is 0 Å². The minimum absolute atomic E-state index is 0.00216. The second-order valence-corrected chi connectivity index (χ2v) is 15.2. The summed E-state index contributed by atoms with van der Waals surface area (Å²) in [6.07, 6.45) is 0.686. The number of aromatic nitrogens is 3. The minimum Gasteiger partial charge on any atom is -0.413 e. The molecule has 2 aromatic rings. The molecule has 0 radical (unpaired) electrons. The number of hydrogen-bond donors (Lipinski definition) is 1. The number of hydrogen-bond acceptors (Lipinski definition) is 8. The monoisotopic (exact) mass is 445 g/mol. The molecule has 0 saturated carbocycles. The highest BCUT2D eigenvalue weighted by molar-refractivity contribution is 6.74. The molecule has 2 aliphatic rings. The van der Waals surface area contributed by atoms with Gasteiger partial charge in [0, 0.05) is 0 Å². The van der Waals surface area contributed by atoms with Crippen LogP contribution in [-0.4, -0.2) is 53.6 Å². The third-order valence-electron chi connectivity index (χ3n) is 6.78. The van der Waals surface area contributed by atoms with Crippen LogP contribution in [-0.2, 0) is 24.2 Å². The molecule has 2 saturated heterocycles. The van der Waals surface area contributed by atoms with E-state index in [0.717, 1.165) is 0 Å². The molecule has 4 heterocycles. The minimum atomic E-state index is -2.13. The first kappa shape index (κ1) is 22.2. The second kappa shape index (κ2) is 6.73. The fraction of sp³-hybridized carbons (Fsp3) is 0.667. The van der Waals surface area contributed by atoms with Crippen LogP contribution < -0.4 is 5.73 Å². The summed E-state index contributed by atoms with van der Waals surface area (Å²) in [7, 11) is -2.13. The molecule has 9 nitrogen and oxygen atoms in total. The number of nitrogen functional groups attached to an aromatic ring is 1. The molecule has 0 aromatic carbocycles. The predicted molar refractivity (Wildman–Crippen MR) is 117 cm³/mol. The Balaban J connectivity index is 1.77. The zero-order chi connectivity index (χ0) is 22.9. The maximum absolute atomic E-state index is 10.3. The van der Waals surface area contributed by atoms with Crippen molar-refractivity contribution in [1.29, 1.82) is 5.26 Å². The molecule has 0 unspecified atom stereocenters. The van der Waals surface area contributed by atoms with Crippen molar-refractivity contribution < 1.29 is 18.6 Å². The van der Waals surface area contributed by atoms with Gasteiger partial charge in [-0.2, -0.15) is 10.4 Å². The molecule has 10 heteroatoms. The van der Waals surface area contributed by atoms with E-state index in [2.05, 4.69) is 50.0 Å². The van der Waals surface area contributed by atoms with E-state index in [0.29, 0.717) is 17.0 Å². The van der Waals surface area contributed by atoms with E-state index in [1.807, 2.05) is 26.0 Å². The number of rotatable bonds is 4. The highest BCUT2D eigenvalue weighted by Gasteiger charge is 2.70. The Kier molecular flexibility index (Phi) is 4.81. The summed E-state index contributed by atoms with van der Waals surface area (Å²) < 4.78 is 27.0. The normalized spacial score (nSPS) is 30.5. The van der Waals surface area contributed by atoms with Gasteiger partial charge in [0.2, 0.25) is 5.60 Å². The van der Waals surface area contributed by atoms with Gasteiger partial charge in [0.05, 0.1) is 18.9 Å². The van der Waals surface area contributed by atoms with Gasteiger partial charge in [-0.25, -0.2) is 9.50 Å². The Morgan fingerprint density at radius 2 is 2.06 bits per heavy atom. The largest absolute Gasteiger partial charge is 0.413 e. The van der Waals surface area contributed by atoms with Crippen LogP contribution in [0, 0.1) is 11.3 Å². The lowest BCUT2D eigenvalue weighted by Gasteiger charge is -2.39. The van der Waals surface area contributed by atoms with Gasteiger partial charge < -0.3 is 24.4 Å². The van der Waals surface area contributed by atoms with Crippen molar-refractivity contribution in [1.82, 2.24) is 14.6 Å². The average molecular weight is 446 g/mol. The molecule has 2 aliphatic heterocycles. The molecule has 31 heavy (non-hydrogen) atoms. The lowest BCUT2D eigenvalue weighted by atomic mass is 9.86. The van der Waals surface area contributed by atoms with Gasteiger partial charge in [-0.1, -0.05) is 20.8 Å². The number of anilines is 1. The van der Waals surface area contributed by atoms with Crippen LogP contribution in [0.15, 0.2) is 18.5 Å². The summed E-state index contributed by atoms with van der Waals surface area (Å²) in [6.45, 7) is 14.7. The molecule has 3 atom stereocenters. The van der Waals surface area contributed by atoms with Gasteiger partial charge in [0.25, 0.3) is 0 Å². The van der Waals surface area contributed by atoms with Crippen molar-refractivity contribution in [3.05, 3.63) is 24.2 Å². The standard InChI is InChI=1S/C21H31N5O4Si/c1-18(2,3)31(6,7)28-11-20(10-22)17-21(12-27-20,30-19(4,5)29-17)15-9-8-14-16(23)24-13-25-26(14)15/h8-9,13,17H,11-12H2,1-7H3,(H2,23,24,25)/t17-,20-,21-/m1/s1. The Morgan fingerprint density at radius 3 is 2.71 bits per heavy atom. The van der Waals surface area contributed by atoms with Crippen molar-refractivity contribution in [3.8, 4) is 6.07 Å². The van der Waals surface area contributed by atoms with Crippen LogP contribution >= 0.6 is 0 Å². The molecule has 168 valence electrons. The quantitative estimate of drug-likeness (QED) is 0.714. The lowest BCUT2D eigenvalue weighted by Crippen LogP contribution is -2.52. The molecule has 2 N–H and O–H groups in total. The van der Waals surface area contributed by atoms with Gasteiger partial charge >= 0.3 is 0 Å². The van der Waals surface area contributed by atoms with Crippen LogP contribution in [0.25, 0.3) is 5.52 Å². The first-order chi connectivity index (χ1) is 14.3. The maximum Gasteiger partial charge on any atom is 0.205 e. The Bertz CT molecular complexity index is 1060. The molecular formula is C21H31N5O4Si. The molecule has 0 bridgehead atoms. The highest BCUT2D eigenvalue weighted by atomic mass is 28.4. The number of nitrogens with zero attached hydrogens (tertiary/aromatic N) is 4. The summed E-state index contributed by atoms with van der Waals surface area (Å²) in [4.78, 5) is 4.06. The van der Waals surface area contributed by atoms with Gasteiger partial charge in [0.1, 0.15) is 24.0 Å². The van der Waals surface area contributed by atoms with E-state index in [4.69, 9.17) is 24.4 Å². The second-order valence-electron chi connectivity index (χ2n) is 10.4. The average Bonchev–Trinajstić information content (AvgIpc) is 3.29. The van der Waals surface area contributed by atoms with Crippen LogP contribution in [0.3, 0.4) is 0 Å². The van der Waals surface area contributed by atoms with Crippen molar-refractivity contribution in [3.63, 3.8) is 0 Å². The van der Waals surface area contributed by atoms with E-state index in [1.54, 1.807) is 4.52 Å². The third kappa shape index (κ3) is 3.27. The van der Waals surface area contributed by atoms with Crippen LogP contribution in [0.5, 0.6) is 0 Å². The van der Waals surface area contributed by atoms with Crippen LogP contribution in [0.2, 0.25) is 18.1 Å². The molecule has 2 fully saturated rings. The summed E-state index contributed by atoms with van der Waals surface area (Å²) in [6, 6.07) is 6.08. The van der Waals surface area contributed by atoms with E-state index in [1.165, 1.54) is 6.33 Å². The number of nitrogens with two attached hydrogens (primary N) is 1. The topological polar surface area (TPSA) is 117 Å². The summed E-state index contributed by atoms with van der Waals surface area (Å²) in [5.41, 5.74) is 5.04. The summed E-state index contributed by atoms with van der Waals surface area (Å²) in [5.74, 6) is -0.560. The Morgan fingerprint density at radius 1 is 1.35 bits per heavy atom. The lowest BCUT2D eigenvalue weighted by molar-refractivity contribution is -0.202. The Labute approximate surface area is 183 Å². The number of nitriles is 1. The van der Waals surface area contributed by atoms with E-state index >= 15 is 0 Å². The van der Waals surface area contributed by atoms with Gasteiger partial charge in [-0.15, -0.1) is 0 Å². The molecular weight excluding hydrogens is 414 g/mol. The van der Waals surface area contributed by atoms with E-state index in [-0.39, 0.29) is 18.3 Å². The van der Waals surface area contributed by atoms with Gasteiger partial charge in [-0.05, 0) is 44.1 Å². The molecule has 4 rings (SSSR count). The first-order valence-corrected chi connectivity index (χ1v) is 13.3. The smallest absolute Gasteiger partial charge is 0.205 e. The zero-order valence-corrected chi connectivity index (χ0v) is 20.2. The molecule has 2 aromatic heterocycles. The predicted octanol–water partition coefficient (Wildman–Crippen LogP) is 2.97. The molecule has 0 aliphatic carbocycles.